The first-order chi connectivity index (χ1) is 8.40. The predicted octanol–water partition coefficient (Wildman–Crippen LogP) is 4.81. The summed E-state index contributed by atoms with van der Waals surface area (Å²) in [6.45, 7) is 26.6. The SMILES string of the molecule is CC(C)(C)N([As](F)N(C(C)(C)C)[Si](C)(C)C)[Si](C)(C)C. The van der Waals surface area contributed by atoms with Gasteiger partial charge in [-0.3, -0.25) is 0 Å². The van der Waals surface area contributed by atoms with Gasteiger partial charge < -0.3 is 0 Å². The molecule has 0 rings (SSSR count). The van der Waals surface area contributed by atoms with Crippen LogP contribution >= 0.6 is 0 Å². The molecule has 2 nitrogen and oxygen atoms in total. The quantitative estimate of drug-likeness (QED) is 0.644. The van der Waals surface area contributed by atoms with Crippen LogP contribution in [0.4, 0.5) is 3.47 Å². The van der Waals surface area contributed by atoms with Gasteiger partial charge in [0.2, 0.25) is 0 Å². The Hall–Kier alpha value is 0.842. The number of hydrogen-bond acceptors (Lipinski definition) is 2. The van der Waals surface area contributed by atoms with Gasteiger partial charge in [0.1, 0.15) is 0 Å². The molecule has 0 aliphatic carbocycles. The van der Waals surface area contributed by atoms with E-state index in [1.165, 1.54) is 0 Å². The summed E-state index contributed by atoms with van der Waals surface area (Å²) in [7, 11) is -3.40. The van der Waals surface area contributed by atoms with Crippen molar-refractivity contribution < 1.29 is 3.47 Å². The molecule has 0 bridgehead atoms. The molecular weight excluding hydrogens is 346 g/mol. The molecule has 122 valence electrons. The fourth-order valence-electron chi connectivity index (χ4n) is 3.09. The van der Waals surface area contributed by atoms with Gasteiger partial charge in [0.15, 0.2) is 0 Å². The van der Waals surface area contributed by atoms with Crippen molar-refractivity contribution in [1.29, 1.82) is 0 Å². The van der Waals surface area contributed by atoms with Crippen LogP contribution in [0.25, 0.3) is 0 Å². The molecule has 0 saturated carbocycles. The van der Waals surface area contributed by atoms with Crippen molar-refractivity contribution >= 4 is 32.0 Å². The first kappa shape index (κ1) is 20.8. The topological polar surface area (TPSA) is 6.48 Å². The molecule has 0 aromatic carbocycles. The first-order valence-corrected chi connectivity index (χ1v) is 16.7. The molecule has 6 heteroatoms. The fraction of sp³-hybridized carbons (Fsp3) is 1.00. The van der Waals surface area contributed by atoms with E-state index in [1.54, 1.807) is 0 Å². The summed E-state index contributed by atoms with van der Waals surface area (Å²) in [5, 5.41) is 0. The molecule has 0 saturated heterocycles. The van der Waals surface area contributed by atoms with Crippen molar-refractivity contribution in [3.8, 4) is 0 Å². The van der Waals surface area contributed by atoms with Gasteiger partial charge in [0.25, 0.3) is 0 Å². The summed E-state index contributed by atoms with van der Waals surface area (Å²) in [5.74, 6) is 0. The van der Waals surface area contributed by atoms with Crippen molar-refractivity contribution in [2.45, 2.75) is 91.9 Å². The zero-order valence-corrected chi connectivity index (χ0v) is 19.6. The number of halogens is 1. The molecule has 0 N–H and O–H groups in total. The van der Waals surface area contributed by atoms with E-state index in [9.17, 15) is 0 Å². The first-order valence-electron chi connectivity index (χ1n) is 7.46. The second-order valence-corrected chi connectivity index (χ2v) is 23.4. The summed E-state index contributed by atoms with van der Waals surface area (Å²) in [5.41, 5.74) is -0.190. The molecule has 0 aliphatic heterocycles. The molecule has 0 spiro atoms. The average Bonchev–Trinajstić information content (AvgIpc) is 1.88. The van der Waals surface area contributed by atoms with E-state index in [4.69, 9.17) is 0 Å². The maximum atomic E-state index is 15.8. The Balaban J connectivity index is 5.81. The Bertz CT molecular complexity index is 264. The molecule has 0 heterocycles. The van der Waals surface area contributed by atoms with E-state index < -0.39 is 32.0 Å². The van der Waals surface area contributed by atoms with E-state index in [0.717, 1.165) is 0 Å². The van der Waals surface area contributed by atoms with Crippen molar-refractivity contribution in [2.75, 3.05) is 0 Å². The van der Waals surface area contributed by atoms with E-state index in [-0.39, 0.29) is 11.1 Å². The van der Waals surface area contributed by atoms with Crippen LogP contribution in [0.15, 0.2) is 0 Å². The number of rotatable bonds is 4. The van der Waals surface area contributed by atoms with Crippen molar-refractivity contribution in [2.24, 2.45) is 0 Å². The minimum absolute atomic E-state index is 0.0949. The van der Waals surface area contributed by atoms with E-state index in [2.05, 4.69) is 87.8 Å². The standard InChI is InChI=1S/C14H36AsFN2Si2/c1-13(2,3)17(19(7,8)9)15(16)18(14(4,5)6)20(10,11)12/h1-12H3. The summed E-state index contributed by atoms with van der Waals surface area (Å²) in [6.07, 6.45) is 0. The van der Waals surface area contributed by atoms with E-state index in [1.807, 2.05) is 0 Å². The van der Waals surface area contributed by atoms with Crippen LogP contribution in [-0.2, 0) is 0 Å². The maximum absolute atomic E-state index is 15.8. The van der Waals surface area contributed by atoms with Crippen molar-refractivity contribution in [3.05, 3.63) is 0 Å². The van der Waals surface area contributed by atoms with Gasteiger partial charge in [-0.15, -0.1) is 0 Å². The van der Waals surface area contributed by atoms with Crippen molar-refractivity contribution in [3.63, 3.8) is 0 Å². The predicted molar refractivity (Wildman–Crippen MR) is 96.7 cm³/mol. The molecule has 0 fully saturated rings. The minimum atomic E-state index is -2.72. The van der Waals surface area contributed by atoms with Crippen LogP contribution < -0.4 is 0 Å². The Labute approximate surface area is 134 Å². The molecule has 0 radical (unpaired) electrons. The van der Waals surface area contributed by atoms with Crippen LogP contribution in [0, 0.1) is 0 Å². The summed E-state index contributed by atoms with van der Waals surface area (Å²) in [6, 6.07) is 0. The van der Waals surface area contributed by atoms with Crippen LogP contribution in [0.5, 0.6) is 0 Å². The second kappa shape index (κ2) is 6.15. The Morgan fingerprint density at radius 3 is 0.950 bits per heavy atom. The van der Waals surface area contributed by atoms with E-state index in [0.29, 0.717) is 0 Å². The molecule has 0 aromatic rings. The summed E-state index contributed by atoms with van der Waals surface area (Å²) in [4.78, 5) is 0. The Kier molecular flexibility index (Phi) is 6.41. The van der Waals surface area contributed by atoms with Gasteiger partial charge in [-0.25, -0.2) is 0 Å². The summed E-state index contributed by atoms with van der Waals surface area (Å²) < 4.78 is 20.4. The van der Waals surface area contributed by atoms with Gasteiger partial charge in [0.05, 0.1) is 0 Å². The third kappa shape index (κ3) is 5.56. The van der Waals surface area contributed by atoms with Crippen LogP contribution in [0.1, 0.15) is 41.5 Å². The average molecular weight is 383 g/mol. The molecule has 0 aliphatic rings. The zero-order valence-electron chi connectivity index (χ0n) is 15.7. The van der Waals surface area contributed by atoms with Crippen LogP contribution in [-0.4, -0.2) is 50.1 Å². The van der Waals surface area contributed by atoms with Crippen molar-refractivity contribution in [1.82, 2.24) is 6.96 Å². The number of hydrogen-bond donors (Lipinski definition) is 0. The van der Waals surface area contributed by atoms with Gasteiger partial charge in [-0.1, -0.05) is 0 Å². The Morgan fingerprint density at radius 1 is 0.650 bits per heavy atom. The van der Waals surface area contributed by atoms with Gasteiger partial charge in [0, 0.05) is 0 Å². The number of nitrogens with zero attached hydrogens (tertiary/aromatic N) is 2. The molecule has 0 amide bonds. The molecule has 20 heavy (non-hydrogen) atoms. The third-order valence-corrected chi connectivity index (χ3v) is 19.9. The van der Waals surface area contributed by atoms with Gasteiger partial charge in [-0.05, 0) is 0 Å². The normalized spacial score (nSPS) is 15.6. The van der Waals surface area contributed by atoms with Crippen LogP contribution in [0.2, 0.25) is 39.3 Å². The van der Waals surface area contributed by atoms with Crippen LogP contribution in [0.3, 0.4) is 0 Å². The second-order valence-electron chi connectivity index (χ2n) is 9.55. The third-order valence-electron chi connectivity index (χ3n) is 2.87. The van der Waals surface area contributed by atoms with Gasteiger partial charge >= 0.3 is 134 Å². The van der Waals surface area contributed by atoms with E-state index >= 15 is 3.47 Å². The molecular formula is C14H36AsFN2Si2. The Morgan fingerprint density at radius 2 is 0.850 bits per heavy atom. The molecule has 0 unspecified atom stereocenters. The van der Waals surface area contributed by atoms with Gasteiger partial charge in [-0.2, -0.15) is 0 Å². The summed E-state index contributed by atoms with van der Waals surface area (Å²) >= 11 is -2.72. The fourth-order valence-corrected chi connectivity index (χ4v) is 18.2. The zero-order chi connectivity index (χ0) is 16.7. The molecule has 0 atom stereocenters. The molecule has 0 aromatic heterocycles. The monoisotopic (exact) mass is 382 g/mol.